The molecule has 0 spiro atoms. The Hall–Kier alpha value is -1.65. The van der Waals surface area contributed by atoms with Gasteiger partial charge in [0.2, 0.25) is 5.91 Å². The van der Waals surface area contributed by atoms with Crippen molar-refractivity contribution in [2.24, 2.45) is 0 Å². The Morgan fingerprint density at radius 1 is 1.40 bits per heavy atom. The largest absolute Gasteiger partial charge is 0.489 e. The molecule has 1 saturated carbocycles. The first-order valence-corrected chi connectivity index (χ1v) is 7.24. The number of hydrogen-bond acceptors (Lipinski definition) is 3. The molecule has 1 atom stereocenters. The maximum absolute atomic E-state index is 13.3. The molecular formula is C15H19FN2O2. The van der Waals surface area contributed by atoms with E-state index >= 15 is 0 Å². The van der Waals surface area contributed by atoms with Crippen molar-refractivity contribution >= 4 is 5.91 Å². The summed E-state index contributed by atoms with van der Waals surface area (Å²) in [6.45, 7) is 0.879. The number of rotatable bonds is 4. The predicted octanol–water partition coefficient (Wildman–Crippen LogP) is 2.13. The molecule has 1 aromatic heterocycles. The molecule has 2 heterocycles. The average molecular weight is 278 g/mol. The van der Waals surface area contributed by atoms with Crippen LogP contribution in [0.1, 0.15) is 31.4 Å². The minimum atomic E-state index is -0.880. The van der Waals surface area contributed by atoms with E-state index in [1.807, 2.05) is 12.1 Å². The van der Waals surface area contributed by atoms with Crippen LogP contribution in [0, 0.1) is 0 Å². The van der Waals surface area contributed by atoms with Crippen LogP contribution in [0.25, 0.3) is 0 Å². The maximum atomic E-state index is 13.3. The normalized spacial score (nSPS) is 22.6. The van der Waals surface area contributed by atoms with Gasteiger partial charge in [-0.15, -0.1) is 0 Å². The summed E-state index contributed by atoms with van der Waals surface area (Å²) < 4.78 is 18.9. The van der Waals surface area contributed by atoms with E-state index in [1.54, 1.807) is 11.1 Å². The molecule has 1 aliphatic heterocycles. The molecule has 0 aromatic carbocycles. The van der Waals surface area contributed by atoms with Gasteiger partial charge in [-0.25, -0.2) is 4.39 Å². The van der Waals surface area contributed by atoms with Crippen molar-refractivity contribution < 1.29 is 13.9 Å². The lowest BCUT2D eigenvalue weighted by Gasteiger charge is -2.29. The van der Waals surface area contributed by atoms with Gasteiger partial charge in [-0.3, -0.25) is 9.78 Å². The molecule has 3 rings (SSSR count). The highest BCUT2D eigenvalue weighted by atomic mass is 19.1. The predicted molar refractivity (Wildman–Crippen MR) is 72.3 cm³/mol. The lowest BCUT2D eigenvalue weighted by atomic mass is 10.1. The van der Waals surface area contributed by atoms with Crippen LogP contribution in [0.3, 0.4) is 0 Å². The van der Waals surface area contributed by atoms with Crippen LogP contribution in [0.15, 0.2) is 18.3 Å². The number of aromatic nitrogens is 1. The quantitative estimate of drug-likeness (QED) is 0.847. The smallest absolute Gasteiger partial charge is 0.228 e. The van der Waals surface area contributed by atoms with Gasteiger partial charge < -0.3 is 9.64 Å². The Bertz CT molecular complexity index is 473. The van der Waals surface area contributed by atoms with Crippen LogP contribution >= 0.6 is 0 Å². The summed E-state index contributed by atoms with van der Waals surface area (Å²) in [5, 5.41) is 0. The van der Waals surface area contributed by atoms with Gasteiger partial charge in [-0.1, -0.05) is 0 Å². The van der Waals surface area contributed by atoms with Crippen molar-refractivity contribution in [3.8, 4) is 5.75 Å². The molecule has 1 aliphatic carbocycles. The first kappa shape index (κ1) is 13.3. The summed E-state index contributed by atoms with van der Waals surface area (Å²) in [5.41, 5.74) is 0.708. The molecule has 1 unspecified atom stereocenters. The van der Waals surface area contributed by atoms with Crippen molar-refractivity contribution in [3.63, 3.8) is 0 Å². The molecule has 108 valence electrons. The summed E-state index contributed by atoms with van der Waals surface area (Å²) >= 11 is 0. The lowest BCUT2D eigenvalue weighted by Crippen LogP contribution is -2.41. The van der Waals surface area contributed by atoms with Crippen molar-refractivity contribution in [1.82, 2.24) is 9.88 Å². The van der Waals surface area contributed by atoms with Gasteiger partial charge in [-0.2, -0.15) is 0 Å². The first-order chi connectivity index (χ1) is 9.70. The van der Waals surface area contributed by atoms with Crippen LogP contribution in [-0.4, -0.2) is 41.2 Å². The van der Waals surface area contributed by atoms with E-state index < -0.39 is 6.17 Å². The Kier molecular flexibility index (Phi) is 3.85. The fraction of sp³-hybridized carbons (Fsp3) is 0.600. The minimum Gasteiger partial charge on any atom is -0.489 e. The van der Waals surface area contributed by atoms with Gasteiger partial charge in [-0.05, 0) is 37.8 Å². The summed E-state index contributed by atoms with van der Waals surface area (Å²) in [6.07, 6.45) is 4.89. The summed E-state index contributed by atoms with van der Waals surface area (Å²) in [4.78, 5) is 17.9. The van der Waals surface area contributed by atoms with E-state index in [-0.39, 0.29) is 18.9 Å². The van der Waals surface area contributed by atoms with E-state index in [4.69, 9.17) is 4.74 Å². The molecule has 4 nitrogen and oxygen atoms in total. The van der Waals surface area contributed by atoms with Crippen LogP contribution < -0.4 is 4.74 Å². The number of nitrogens with zero attached hydrogens (tertiary/aromatic N) is 2. The number of piperidine rings is 1. The highest BCUT2D eigenvalue weighted by Crippen LogP contribution is 2.26. The van der Waals surface area contributed by atoms with Gasteiger partial charge in [0.15, 0.2) is 0 Å². The fourth-order valence-electron chi connectivity index (χ4n) is 2.38. The van der Waals surface area contributed by atoms with Gasteiger partial charge in [0.25, 0.3) is 0 Å². The zero-order chi connectivity index (χ0) is 13.9. The number of carbonyl (C=O) groups excluding carboxylic acids is 1. The molecule has 20 heavy (non-hydrogen) atoms. The molecular weight excluding hydrogens is 259 g/mol. The van der Waals surface area contributed by atoms with Gasteiger partial charge in [0.05, 0.1) is 25.3 Å². The number of likely N-dealkylation sites (tertiary alicyclic amines) is 1. The third-order valence-corrected chi connectivity index (χ3v) is 3.67. The second-order valence-corrected chi connectivity index (χ2v) is 5.56. The first-order valence-electron chi connectivity index (χ1n) is 7.24. The second kappa shape index (κ2) is 5.77. The SMILES string of the molecule is O=C(Cc1ccc(OC2CC2)cn1)N1CCCC(F)C1. The molecule has 1 aromatic rings. The van der Waals surface area contributed by atoms with E-state index in [0.717, 1.165) is 25.0 Å². The van der Waals surface area contributed by atoms with Crippen LogP contribution in [0.4, 0.5) is 4.39 Å². The number of halogens is 1. The lowest BCUT2D eigenvalue weighted by molar-refractivity contribution is -0.132. The maximum Gasteiger partial charge on any atom is 0.228 e. The van der Waals surface area contributed by atoms with Crippen LogP contribution in [0.2, 0.25) is 0 Å². The van der Waals surface area contributed by atoms with E-state index in [9.17, 15) is 9.18 Å². The summed E-state index contributed by atoms with van der Waals surface area (Å²) in [7, 11) is 0. The van der Waals surface area contributed by atoms with Crippen molar-refractivity contribution in [2.45, 2.75) is 44.4 Å². The third kappa shape index (κ3) is 3.46. The molecule has 2 aliphatic rings. The summed E-state index contributed by atoms with van der Waals surface area (Å²) in [6, 6.07) is 3.66. The van der Waals surface area contributed by atoms with E-state index in [0.29, 0.717) is 24.8 Å². The van der Waals surface area contributed by atoms with Crippen molar-refractivity contribution in [1.29, 1.82) is 0 Å². The third-order valence-electron chi connectivity index (χ3n) is 3.67. The zero-order valence-electron chi connectivity index (χ0n) is 11.4. The molecule has 5 heteroatoms. The highest BCUT2D eigenvalue weighted by Gasteiger charge is 2.24. The number of pyridine rings is 1. The number of amides is 1. The van der Waals surface area contributed by atoms with Gasteiger partial charge in [0.1, 0.15) is 11.9 Å². The standard InChI is InChI=1S/C15H19FN2O2/c16-11-2-1-7-18(10-11)15(19)8-12-3-4-14(9-17-12)20-13-5-6-13/h3-4,9,11,13H,1-2,5-8,10H2. The molecule has 0 radical (unpaired) electrons. The van der Waals surface area contributed by atoms with Gasteiger partial charge >= 0.3 is 0 Å². The zero-order valence-corrected chi connectivity index (χ0v) is 11.4. The van der Waals surface area contributed by atoms with E-state index in [1.165, 1.54) is 0 Å². The monoisotopic (exact) mass is 278 g/mol. The second-order valence-electron chi connectivity index (χ2n) is 5.56. The Balaban J connectivity index is 1.54. The number of alkyl halides is 1. The van der Waals surface area contributed by atoms with Crippen molar-refractivity contribution in [3.05, 3.63) is 24.0 Å². The average Bonchev–Trinajstić information content (AvgIpc) is 3.25. The number of carbonyl (C=O) groups is 1. The Morgan fingerprint density at radius 3 is 2.90 bits per heavy atom. The van der Waals surface area contributed by atoms with Crippen LogP contribution in [0.5, 0.6) is 5.75 Å². The highest BCUT2D eigenvalue weighted by molar-refractivity contribution is 5.78. The molecule has 2 fully saturated rings. The van der Waals surface area contributed by atoms with E-state index in [2.05, 4.69) is 4.98 Å². The number of ether oxygens (including phenoxy) is 1. The Labute approximate surface area is 117 Å². The fourth-order valence-corrected chi connectivity index (χ4v) is 2.38. The Morgan fingerprint density at radius 2 is 2.25 bits per heavy atom. The molecule has 1 amide bonds. The molecule has 1 saturated heterocycles. The minimum absolute atomic E-state index is 0.0456. The van der Waals surface area contributed by atoms with Gasteiger partial charge in [0, 0.05) is 12.2 Å². The van der Waals surface area contributed by atoms with Crippen LogP contribution in [-0.2, 0) is 11.2 Å². The molecule has 0 N–H and O–H groups in total. The molecule has 0 bridgehead atoms. The summed E-state index contributed by atoms with van der Waals surface area (Å²) in [5.74, 6) is 0.709. The topological polar surface area (TPSA) is 42.4 Å². The van der Waals surface area contributed by atoms with Crippen molar-refractivity contribution in [2.75, 3.05) is 13.1 Å². The number of hydrogen-bond donors (Lipinski definition) is 0.